The summed E-state index contributed by atoms with van der Waals surface area (Å²) in [7, 11) is 0. The first-order chi connectivity index (χ1) is 11.0. The average molecular weight is 349 g/mol. The van der Waals surface area contributed by atoms with E-state index in [1.807, 2.05) is 12.3 Å². The Hall–Kier alpha value is -1.91. The van der Waals surface area contributed by atoms with Gasteiger partial charge in [0, 0.05) is 23.6 Å². The minimum Gasteiger partial charge on any atom is -0.401 e. The molecule has 2 N–H and O–H groups in total. The number of nitrogens with zero attached hydrogens (tertiary/aromatic N) is 2. The number of hydrogen-bond donors (Lipinski definition) is 1. The molecule has 0 radical (unpaired) electrons. The molecule has 0 aliphatic carbocycles. The molecule has 1 aromatic rings. The summed E-state index contributed by atoms with van der Waals surface area (Å²) in [6.07, 6.45) is 2.61. The average Bonchev–Trinajstić information content (AvgIpc) is 2.54. The van der Waals surface area contributed by atoms with Crippen molar-refractivity contribution in [1.29, 1.82) is 5.26 Å². The first-order valence-corrected chi connectivity index (χ1v) is 8.87. The van der Waals surface area contributed by atoms with E-state index in [-0.39, 0.29) is 10.9 Å². The van der Waals surface area contributed by atoms with E-state index in [0.717, 1.165) is 23.1 Å². The van der Waals surface area contributed by atoms with Gasteiger partial charge in [-0.15, -0.1) is 11.8 Å². The largest absolute Gasteiger partial charge is 0.401 e. The summed E-state index contributed by atoms with van der Waals surface area (Å²) in [5.41, 5.74) is 8.97. The van der Waals surface area contributed by atoms with Gasteiger partial charge in [-0.3, -0.25) is 10.1 Å². The lowest BCUT2D eigenvalue weighted by atomic mass is 10.1. The zero-order valence-corrected chi connectivity index (χ0v) is 14.7. The molecule has 5 nitrogen and oxygen atoms in total. The van der Waals surface area contributed by atoms with Gasteiger partial charge < -0.3 is 5.73 Å². The molecule has 0 amide bonds. The smallest absolute Gasteiger partial charge is 0.269 e. The molecule has 7 heteroatoms. The number of thioether (sulfide) groups is 2. The maximum Gasteiger partial charge on any atom is 0.269 e. The lowest BCUT2D eigenvalue weighted by Gasteiger charge is -2.13. The summed E-state index contributed by atoms with van der Waals surface area (Å²) in [6, 6.07) is 6.34. The minimum absolute atomic E-state index is 0.0548. The molecule has 0 aromatic heterocycles. The normalized spacial score (nSPS) is 13.4. The Morgan fingerprint density at radius 1 is 1.48 bits per heavy atom. The highest BCUT2D eigenvalue weighted by molar-refractivity contribution is 8.04. The molecular weight excluding hydrogens is 330 g/mol. The molecule has 0 fully saturated rings. The molecule has 23 heavy (non-hydrogen) atoms. The van der Waals surface area contributed by atoms with Gasteiger partial charge in [0.1, 0.15) is 5.40 Å². The van der Waals surface area contributed by atoms with E-state index in [2.05, 4.69) is 18.4 Å². The van der Waals surface area contributed by atoms with Crippen molar-refractivity contribution in [3.8, 4) is 5.40 Å². The number of nitrogens with two attached hydrogens (primary N) is 1. The number of nitro benzene ring substituents is 1. The van der Waals surface area contributed by atoms with E-state index >= 15 is 0 Å². The Morgan fingerprint density at radius 2 is 2.13 bits per heavy atom. The van der Waals surface area contributed by atoms with Crippen LogP contribution in [0.15, 0.2) is 47.0 Å². The topological polar surface area (TPSA) is 92.9 Å². The molecule has 0 bridgehead atoms. The third-order valence-electron chi connectivity index (χ3n) is 3.16. The summed E-state index contributed by atoms with van der Waals surface area (Å²) in [5.74, 6) is 0.860. The van der Waals surface area contributed by atoms with Crippen LogP contribution in [-0.2, 0) is 6.42 Å². The fourth-order valence-corrected chi connectivity index (χ4v) is 3.25. The third-order valence-corrected chi connectivity index (χ3v) is 5.05. The van der Waals surface area contributed by atoms with Crippen LogP contribution in [0.2, 0.25) is 0 Å². The SMILES string of the molecule is C/C=C(\C)CS/C=C(\N)C(Cc1ccc([N+](=O)[O-])cc1)SC#N. The molecule has 1 rings (SSSR count). The monoisotopic (exact) mass is 349 g/mol. The van der Waals surface area contributed by atoms with Crippen LogP contribution in [-0.4, -0.2) is 15.9 Å². The Balaban J connectivity index is 2.75. The summed E-state index contributed by atoms with van der Waals surface area (Å²) < 4.78 is 0. The zero-order chi connectivity index (χ0) is 17.2. The van der Waals surface area contributed by atoms with Gasteiger partial charge in [-0.25, -0.2) is 0 Å². The highest BCUT2D eigenvalue weighted by Gasteiger charge is 2.14. The first kappa shape index (κ1) is 19.1. The van der Waals surface area contributed by atoms with Gasteiger partial charge in [0.15, 0.2) is 0 Å². The maximum atomic E-state index is 10.7. The lowest BCUT2D eigenvalue weighted by molar-refractivity contribution is -0.384. The van der Waals surface area contributed by atoms with Crippen molar-refractivity contribution >= 4 is 29.2 Å². The van der Waals surface area contributed by atoms with Crippen LogP contribution in [0.25, 0.3) is 0 Å². The molecular formula is C16H19N3O2S2. The van der Waals surface area contributed by atoms with Gasteiger partial charge >= 0.3 is 0 Å². The van der Waals surface area contributed by atoms with Crippen LogP contribution in [0.1, 0.15) is 19.4 Å². The quantitative estimate of drug-likeness (QED) is 0.327. The van der Waals surface area contributed by atoms with Crippen molar-refractivity contribution < 1.29 is 4.92 Å². The molecule has 0 heterocycles. The van der Waals surface area contributed by atoms with Crippen LogP contribution < -0.4 is 5.73 Å². The van der Waals surface area contributed by atoms with Crippen molar-refractivity contribution in [3.05, 3.63) is 62.7 Å². The molecule has 0 saturated heterocycles. The van der Waals surface area contributed by atoms with E-state index in [0.29, 0.717) is 12.1 Å². The maximum absolute atomic E-state index is 10.7. The second-order valence-corrected chi connectivity index (χ2v) is 6.73. The van der Waals surface area contributed by atoms with Gasteiger partial charge in [-0.2, -0.15) is 5.26 Å². The summed E-state index contributed by atoms with van der Waals surface area (Å²) in [6.45, 7) is 4.04. The van der Waals surface area contributed by atoms with Crippen molar-refractivity contribution in [2.75, 3.05) is 5.75 Å². The van der Waals surface area contributed by atoms with E-state index in [9.17, 15) is 10.1 Å². The van der Waals surface area contributed by atoms with Crippen molar-refractivity contribution in [2.24, 2.45) is 5.73 Å². The number of rotatable bonds is 8. The Bertz CT molecular complexity index is 634. The van der Waals surface area contributed by atoms with E-state index in [4.69, 9.17) is 11.0 Å². The molecule has 1 atom stereocenters. The Morgan fingerprint density at radius 3 is 2.65 bits per heavy atom. The van der Waals surface area contributed by atoms with Crippen LogP contribution >= 0.6 is 23.5 Å². The number of non-ortho nitro benzene ring substituents is 1. The predicted molar refractivity (Wildman–Crippen MR) is 98.0 cm³/mol. The fourth-order valence-electron chi connectivity index (χ4n) is 1.69. The molecule has 0 aliphatic rings. The summed E-state index contributed by atoms with van der Waals surface area (Å²) in [4.78, 5) is 10.2. The second-order valence-electron chi connectivity index (χ2n) is 4.89. The number of nitro groups is 1. The number of nitriles is 1. The van der Waals surface area contributed by atoms with Gasteiger partial charge in [0.2, 0.25) is 0 Å². The molecule has 1 aromatic carbocycles. The molecule has 0 saturated carbocycles. The lowest BCUT2D eigenvalue weighted by Crippen LogP contribution is -2.16. The molecule has 1 unspecified atom stereocenters. The van der Waals surface area contributed by atoms with Gasteiger partial charge in [0.05, 0.1) is 10.2 Å². The van der Waals surface area contributed by atoms with Crippen LogP contribution in [0.3, 0.4) is 0 Å². The number of benzene rings is 1. The van der Waals surface area contributed by atoms with Crippen molar-refractivity contribution in [1.82, 2.24) is 0 Å². The van der Waals surface area contributed by atoms with Crippen LogP contribution in [0.4, 0.5) is 5.69 Å². The predicted octanol–water partition coefficient (Wildman–Crippen LogP) is 4.22. The van der Waals surface area contributed by atoms with Crippen molar-refractivity contribution in [3.63, 3.8) is 0 Å². The van der Waals surface area contributed by atoms with E-state index < -0.39 is 4.92 Å². The Kier molecular flexibility index (Phi) is 8.30. The van der Waals surface area contributed by atoms with E-state index in [1.54, 1.807) is 23.9 Å². The molecule has 0 aliphatic heterocycles. The summed E-state index contributed by atoms with van der Waals surface area (Å²) in [5, 5.41) is 23.4. The van der Waals surface area contributed by atoms with Gasteiger partial charge in [-0.1, -0.05) is 23.8 Å². The fraction of sp³-hybridized carbons (Fsp3) is 0.312. The van der Waals surface area contributed by atoms with Gasteiger partial charge in [0.25, 0.3) is 5.69 Å². The van der Waals surface area contributed by atoms with E-state index in [1.165, 1.54) is 17.7 Å². The minimum atomic E-state index is -0.431. The molecule has 0 spiro atoms. The molecule has 122 valence electrons. The van der Waals surface area contributed by atoms with Gasteiger partial charge in [-0.05, 0) is 43.0 Å². The van der Waals surface area contributed by atoms with Crippen molar-refractivity contribution in [2.45, 2.75) is 25.5 Å². The third kappa shape index (κ3) is 6.80. The highest BCUT2D eigenvalue weighted by Crippen LogP contribution is 2.23. The standard InChI is InChI=1S/C16H19N3O2S2/c1-3-12(2)9-22-10-15(18)16(23-11-17)8-13-4-6-14(7-5-13)19(20)21/h3-7,10,16H,8-9,18H2,1-2H3/b12-3+,15-10-. The zero-order valence-electron chi connectivity index (χ0n) is 13.1. The number of allylic oxidation sites excluding steroid dienone is 1. The first-order valence-electron chi connectivity index (χ1n) is 6.95. The van der Waals surface area contributed by atoms with Crippen LogP contribution in [0, 0.1) is 20.8 Å². The number of thiocyanates is 1. The highest BCUT2D eigenvalue weighted by atomic mass is 32.2. The van der Waals surface area contributed by atoms with Crippen LogP contribution in [0.5, 0.6) is 0 Å². The Labute approximate surface area is 144 Å². The summed E-state index contributed by atoms with van der Waals surface area (Å²) >= 11 is 2.70. The second kappa shape index (κ2) is 9.98. The number of hydrogen-bond acceptors (Lipinski definition) is 6.